The number of ether oxygens (including phenoxy) is 1. The lowest BCUT2D eigenvalue weighted by atomic mass is 10.1. The van der Waals surface area contributed by atoms with Crippen LogP contribution in [0.4, 0.5) is 5.69 Å². The fourth-order valence-electron chi connectivity index (χ4n) is 2.88. The van der Waals surface area contributed by atoms with Crippen molar-refractivity contribution in [1.29, 1.82) is 0 Å². The van der Waals surface area contributed by atoms with Crippen LogP contribution in [0.3, 0.4) is 0 Å². The van der Waals surface area contributed by atoms with Crippen molar-refractivity contribution in [3.05, 3.63) is 60.2 Å². The normalized spacial score (nSPS) is 16.0. The van der Waals surface area contributed by atoms with Crippen LogP contribution in [0, 0.1) is 0 Å². The van der Waals surface area contributed by atoms with Crippen molar-refractivity contribution >= 4 is 11.6 Å². The Labute approximate surface area is 149 Å². The molecule has 25 heavy (non-hydrogen) atoms. The molecule has 1 unspecified atom stereocenters. The Morgan fingerprint density at radius 2 is 1.84 bits per heavy atom. The molecular formula is C20H26N4O. The fraction of sp³-hybridized carbons (Fsp3) is 0.350. The minimum absolute atomic E-state index is 0.163. The number of benzene rings is 2. The fourth-order valence-corrected chi connectivity index (χ4v) is 2.88. The van der Waals surface area contributed by atoms with Crippen LogP contribution in [0.15, 0.2) is 59.6 Å². The van der Waals surface area contributed by atoms with E-state index in [4.69, 9.17) is 4.74 Å². The van der Waals surface area contributed by atoms with Gasteiger partial charge in [-0.2, -0.15) is 0 Å². The van der Waals surface area contributed by atoms with E-state index in [0.29, 0.717) is 0 Å². The van der Waals surface area contributed by atoms with Gasteiger partial charge >= 0.3 is 0 Å². The number of nitrogens with zero attached hydrogens (tertiary/aromatic N) is 1. The molecule has 0 saturated carbocycles. The average Bonchev–Trinajstić information content (AvgIpc) is 3.08. The Balaban J connectivity index is 1.31. The van der Waals surface area contributed by atoms with Crippen molar-refractivity contribution in [2.24, 2.45) is 4.99 Å². The van der Waals surface area contributed by atoms with Gasteiger partial charge in [0, 0.05) is 32.2 Å². The van der Waals surface area contributed by atoms with Crippen LogP contribution in [0.25, 0.3) is 0 Å². The highest BCUT2D eigenvalue weighted by atomic mass is 16.5. The third-order valence-electron chi connectivity index (χ3n) is 4.18. The first-order chi connectivity index (χ1) is 12.3. The number of hydrogen-bond acceptors (Lipinski definition) is 3. The second kappa shape index (κ2) is 8.97. The maximum absolute atomic E-state index is 5.94. The second-order valence-corrected chi connectivity index (χ2v) is 6.08. The van der Waals surface area contributed by atoms with Gasteiger partial charge in [0.2, 0.25) is 0 Å². The molecule has 1 atom stereocenters. The summed E-state index contributed by atoms with van der Waals surface area (Å²) < 4.78 is 5.94. The van der Waals surface area contributed by atoms with E-state index in [1.54, 1.807) is 7.05 Å². The first-order valence-electron chi connectivity index (χ1n) is 8.83. The van der Waals surface area contributed by atoms with Gasteiger partial charge in [-0.05, 0) is 30.2 Å². The second-order valence-electron chi connectivity index (χ2n) is 6.08. The molecule has 0 fully saturated rings. The highest BCUT2D eigenvalue weighted by molar-refractivity contribution is 5.79. The van der Waals surface area contributed by atoms with Crippen molar-refractivity contribution in [3.8, 4) is 5.75 Å². The lowest BCUT2D eigenvalue weighted by Gasteiger charge is -2.15. The number of para-hydroxylation sites is 2. The molecule has 2 aromatic rings. The van der Waals surface area contributed by atoms with Crippen LogP contribution >= 0.6 is 0 Å². The standard InChI is InChI=1S/C20H26N4O/c1-21-20(23-13-7-12-22-17-9-3-2-4-10-17)24-15-18-14-16-8-5-6-11-19(16)25-18/h2-6,8-11,18,22H,7,12-15H2,1H3,(H2,21,23,24). The van der Waals surface area contributed by atoms with Gasteiger partial charge < -0.3 is 20.7 Å². The zero-order valence-corrected chi connectivity index (χ0v) is 14.7. The number of aliphatic imine (C=N–C) groups is 1. The summed E-state index contributed by atoms with van der Waals surface area (Å²) in [5.41, 5.74) is 2.44. The summed E-state index contributed by atoms with van der Waals surface area (Å²) >= 11 is 0. The highest BCUT2D eigenvalue weighted by Crippen LogP contribution is 2.27. The van der Waals surface area contributed by atoms with Gasteiger partial charge in [-0.15, -0.1) is 0 Å². The van der Waals surface area contributed by atoms with Crippen LogP contribution in [-0.4, -0.2) is 38.7 Å². The molecule has 0 saturated heterocycles. The first-order valence-corrected chi connectivity index (χ1v) is 8.83. The summed E-state index contributed by atoms with van der Waals surface area (Å²) in [7, 11) is 1.79. The monoisotopic (exact) mass is 338 g/mol. The summed E-state index contributed by atoms with van der Waals surface area (Å²) in [5, 5.41) is 10.1. The lowest BCUT2D eigenvalue weighted by Crippen LogP contribution is -2.42. The number of fused-ring (bicyclic) bond motifs is 1. The smallest absolute Gasteiger partial charge is 0.191 e. The summed E-state index contributed by atoms with van der Waals surface area (Å²) in [6.07, 6.45) is 2.12. The van der Waals surface area contributed by atoms with Crippen LogP contribution in [0.1, 0.15) is 12.0 Å². The number of guanidine groups is 1. The lowest BCUT2D eigenvalue weighted by molar-refractivity contribution is 0.235. The van der Waals surface area contributed by atoms with E-state index in [9.17, 15) is 0 Å². The number of rotatable bonds is 7. The largest absolute Gasteiger partial charge is 0.488 e. The first kappa shape index (κ1) is 17.1. The van der Waals surface area contributed by atoms with E-state index in [-0.39, 0.29) is 6.10 Å². The highest BCUT2D eigenvalue weighted by Gasteiger charge is 2.22. The molecule has 1 heterocycles. The number of hydrogen-bond donors (Lipinski definition) is 3. The molecule has 5 nitrogen and oxygen atoms in total. The average molecular weight is 338 g/mol. The van der Waals surface area contributed by atoms with E-state index in [1.807, 2.05) is 30.3 Å². The number of nitrogens with one attached hydrogen (secondary N) is 3. The molecule has 3 N–H and O–H groups in total. The van der Waals surface area contributed by atoms with Crippen molar-refractivity contribution in [3.63, 3.8) is 0 Å². The summed E-state index contributed by atoms with van der Waals surface area (Å²) in [6, 6.07) is 18.5. The molecular weight excluding hydrogens is 312 g/mol. The Bertz CT molecular complexity index is 662. The van der Waals surface area contributed by atoms with Crippen molar-refractivity contribution in [2.75, 3.05) is 32.0 Å². The summed E-state index contributed by atoms with van der Waals surface area (Å²) in [6.45, 7) is 2.54. The maximum Gasteiger partial charge on any atom is 0.191 e. The Kier molecular flexibility index (Phi) is 6.15. The van der Waals surface area contributed by atoms with Gasteiger partial charge in [0.1, 0.15) is 11.9 Å². The predicted molar refractivity (Wildman–Crippen MR) is 103 cm³/mol. The van der Waals surface area contributed by atoms with Gasteiger partial charge in [0.25, 0.3) is 0 Å². The Morgan fingerprint density at radius 1 is 1.04 bits per heavy atom. The third kappa shape index (κ3) is 5.14. The van der Waals surface area contributed by atoms with E-state index < -0.39 is 0 Å². The molecule has 0 aromatic heterocycles. The Hall–Kier alpha value is -2.69. The van der Waals surface area contributed by atoms with Crippen LogP contribution in [0.5, 0.6) is 5.75 Å². The molecule has 2 aromatic carbocycles. The van der Waals surface area contributed by atoms with Gasteiger partial charge in [0.05, 0.1) is 6.54 Å². The van der Waals surface area contributed by atoms with Gasteiger partial charge in [-0.1, -0.05) is 36.4 Å². The minimum Gasteiger partial charge on any atom is -0.488 e. The van der Waals surface area contributed by atoms with Gasteiger partial charge in [0.15, 0.2) is 5.96 Å². The molecule has 0 bridgehead atoms. The topological polar surface area (TPSA) is 57.7 Å². The van der Waals surface area contributed by atoms with E-state index in [1.165, 1.54) is 5.56 Å². The third-order valence-corrected chi connectivity index (χ3v) is 4.18. The quantitative estimate of drug-likeness (QED) is 0.413. The van der Waals surface area contributed by atoms with E-state index >= 15 is 0 Å². The molecule has 1 aliphatic heterocycles. The predicted octanol–water partition coefficient (Wildman–Crippen LogP) is 2.66. The summed E-state index contributed by atoms with van der Waals surface area (Å²) in [5.74, 6) is 1.82. The van der Waals surface area contributed by atoms with Crippen LogP contribution in [0.2, 0.25) is 0 Å². The Morgan fingerprint density at radius 3 is 2.64 bits per heavy atom. The SMILES string of the molecule is CN=C(NCCCNc1ccccc1)NCC1Cc2ccccc2O1. The molecule has 132 valence electrons. The van der Waals surface area contributed by atoms with Crippen molar-refractivity contribution in [1.82, 2.24) is 10.6 Å². The molecule has 1 aliphatic rings. The molecule has 0 amide bonds. The molecule has 0 radical (unpaired) electrons. The zero-order valence-electron chi connectivity index (χ0n) is 14.7. The molecule has 3 rings (SSSR count). The maximum atomic E-state index is 5.94. The van der Waals surface area contributed by atoms with E-state index in [0.717, 1.165) is 49.9 Å². The van der Waals surface area contributed by atoms with Gasteiger partial charge in [-0.25, -0.2) is 0 Å². The molecule has 0 spiro atoms. The van der Waals surface area contributed by atoms with Crippen molar-refractivity contribution in [2.45, 2.75) is 18.9 Å². The van der Waals surface area contributed by atoms with E-state index in [2.05, 4.69) is 45.2 Å². The number of anilines is 1. The zero-order chi connectivity index (χ0) is 17.3. The summed E-state index contributed by atoms with van der Waals surface area (Å²) in [4.78, 5) is 4.27. The van der Waals surface area contributed by atoms with Crippen molar-refractivity contribution < 1.29 is 4.74 Å². The van der Waals surface area contributed by atoms with Crippen LogP contribution in [-0.2, 0) is 6.42 Å². The molecule has 5 heteroatoms. The van der Waals surface area contributed by atoms with Crippen LogP contribution < -0.4 is 20.7 Å². The van der Waals surface area contributed by atoms with Gasteiger partial charge in [-0.3, -0.25) is 4.99 Å². The minimum atomic E-state index is 0.163. The molecule has 0 aliphatic carbocycles.